The lowest BCUT2D eigenvalue weighted by Gasteiger charge is -2.20. The molecular formula is C15H16N2O4. The van der Waals surface area contributed by atoms with Crippen LogP contribution in [0.2, 0.25) is 0 Å². The SMILES string of the molecule is CCN(Cc1ccccc1[N+](=O)[O-])C(=O)c1occc1C. The van der Waals surface area contributed by atoms with E-state index < -0.39 is 4.92 Å². The number of para-hydroxylation sites is 1. The lowest BCUT2D eigenvalue weighted by Crippen LogP contribution is -2.30. The molecule has 0 aliphatic heterocycles. The number of aryl methyl sites for hydroxylation is 1. The molecule has 0 radical (unpaired) electrons. The second-order valence-electron chi connectivity index (χ2n) is 4.64. The number of nitro groups is 1. The van der Waals surface area contributed by atoms with E-state index >= 15 is 0 Å². The summed E-state index contributed by atoms with van der Waals surface area (Å²) >= 11 is 0. The standard InChI is InChI=1S/C15H16N2O4/c1-3-16(15(18)14-11(2)8-9-21-14)10-12-6-4-5-7-13(12)17(19)20/h4-9H,3,10H2,1-2H3. The van der Waals surface area contributed by atoms with Crippen LogP contribution in [0.1, 0.15) is 28.6 Å². The number of hydrogen-bond acceptors (Lipinski definition) is 4. The summed E-state index contributed by atoms with van der Waals surface area (Å²) in [6, 6.07) is 8.14. The van der Waals surface area contributed by atoms with Gasteiger partial charge in [0.2, 0.25) is 0 Å². The van der Waals surface area contributed by atoms with Gasteiger partial charge in [-0.2, -0.15) is 0 Å². The fourth-order valence-corrected chi connectivity index (χ4v) is 2.09. The molecule has 1 aromatic carbocycles. The molecule has 1 aromatic heterocycles. The van der Waals surface area contributed by atoms with Crippen LogP contribution < -0.4 is 0 Å². The van der Waals surface area contributed by atoms with Crippen molar-refractivity contribution in [2.75, 3.05) is 6.54 Å². The van der Waals surface area contributed by atoms with Gasteiger partial charge in [-0.25, -0.2) is 0 Å². The predicted octanol–water partition coefficient (Wildman–Crippen LogP) is 3.16. The summed E-state index contributed by atoms with van der Waals surface area (Å²) in [5, 5.41) is 11.0. The zero-order valence-corrected chi connectivity index (χ0v) is 11.9. The maximum atomic E-state index is 12.4. The second-order valence-corrected chi connectivity index (χ2v) is 4.64. The van der Waals surface area contributed by atoms with Crippen molar-refractivity contribution >= 4 is 11.6 Å². The summed E-state index contributed by atoms with van der Waals surface area (Å²) in [6.45, 7) is 4.22. The monoisotopic (exact) mass is 288 g/mol. The lowest BCUT2D eigenvalue weighted by atomic mass is 10.1. The molecule has 6 heteroatoms. The summed E-state index contributed by atoms with van der Waals surface area (Å²) in [5.74, 6) is 0.00795. The molecular weight excluding hydrogens is 272 g/mol. The molecule has 0 saturated carbocycles. The first-order valence-electron chi connectivity index (χ1n) is 6.60. The van der Waals surface area contributed by atoms with E-state index in [-0.39, 0.29) is 23.9 Å². The van der Waals surface area contributed by atoms with Crippen molar-refractivity contribution in [1.29, 1.82) is 0 Å². The van der Waals surface area contributed by atoms with Crippen molar-refractivity contribution in [1.82, 2.24) is 4.90 Å². The molecule has 21 heavy (non-hydrogen) atoms. The first kappa shape index (κ1) is 14.8. The average molecular weight is 288 g/mol. The quantitative estimate of drug-likeness (QED) is 0.625. The van der Waals surface area contributed by atoms with Crippen LogP contribution in [-0.2, 0) is 6.54 Å². The third-order valence-corrected chi connectivity index (χ3v) is 3.27. The van der Waals surface area contributed by atoms with E-state index in [0.717, 1.165) is 5.56 Å². The number of carbonyl (C=O) groups is 1. The Morgan fingerprint density at radius 2 is 2.05 bits per heavy atom. The van der Waals surface area contributed by atoms with Crippen molar-refractivity contribution in [2.45, 2.75) is 20.4 Å². The summed E-state index contributed by atoms with van der Waals surface area (Å²) in [6.07, 6.45) is 1.46. The second kappa shape index (κ2) is 6.21. The topological polar surface area (TPSA) is 76.6 Å². The number of rotatable bonds is 5. The number of furan rings is 1. The minimum Gasteiger partial charge on any atom is -0.459 e. The summed E-state index contributed by atoms with van der Waals surface area (Å²) in [4.78, 5) is 24.5. The largest absolute Gasteiger partial charge is 0.459 e. The Hall–Kier alpha value is -2.63. The highest BCUT2D eigenvalue weighted by molar-refractivity contribution is 5.92. The van der Waals surface area contributed by atoms with Gasteiger partial charge in [-0.05, 0) is 19.9 Å². The van der Waals surface area contributed by atoms with Crippen LogP contribution in [0.4, 0.5) is 5.69 Å². The van der Waals surface area contributed by atoms with E-state index in [9.17, 15) is 14.9 Å². The third-order valence-electron chi connectivity index (χ3n) is 3.27. The van der Waals surface area contributed by atoms with Crippen molar-refractivity contribution < 1.29 is 14.1 Å². The molecule has 0 fully saturated rings. The van der Waals surface area contributed by atoms with E-state index in [1.807, 2.05) is 6.92 Å². The van der Waals surface area contributed by atoms with E-state index in [1.54, 1.807) is 31.2 Å². The first-order chi connectivity index (χ1) is 10.0. The van der Waals surface area contributed by atoms with Crippen LogP contribution in [0.5, 0.6) is 0 Å². The van der Waals surface area contributed by atoms with Gasteiger partial charge in [0, 0.05) is 23.7 Å². The van der Waals surface area contributed by atoms with Gasteiger partial charge in [0.15, 0.2) is 5.76 Å². The van der Waals surface area contributed by atoms with Crippen LogP contribution in [0.15, 0.2) is 41.0 Å². The molecule has 2 rings (SSSR count). The molecule has 1 amide bonds. The Bertz CT molecular complexity index is 663. The maximum Gasteiger partial charge on any atom is 0.290 e. The fraction of sp³-hybridized carbons (Fsp3) is 0.267. The summed E-state index contributed by atoms with van der Waals surface area (Å²) < 4.78 is 5.20. The molecule has 0 unspecified atom stereocenters. The van der Waals surface area contributed by atoms with E-state index in [1.165, 1.54) is 17.2 Å². The third kappa shape index (κ3) is 3.10. The summed E-state index contributed by atoms with van der Waals surface area (Å²) in [5.41, 5.74) is 1.27. The zero-order chi connectivity index (χ0) is 15.4. The van der Waals surface area contributed by atoms with Gasteiger partial charge < -0.3 is 9.32 Å². The van der Waals surface area contributed by atoms with Gasteiger partial charge in [-0.3, -0.25) is 14.9 Å². The minimum absolute atomic E-state index is 0.0138. The Balaban J connectivity index is 2.26. The van der Waals surface area contributed by atoms with Crippen LogP contribution in [0.3, 0.4) is 0 Å². The highest BCUT2D eigenvalue weighted by atomic mass is 16.6. The highest BCUT2D eigenvalue weighted by Gasteiger charge is 2.22. The molecule has 110 valence electrons. The predicted molar refractivity (Wildman–Crippen MR) is 77.0 cm³/mol. The van der Waals surface area contributed by atoms with Gasteiger partial charge >= 0.3 is 0 Å². The Kier molecular flexibility index (Phi) is 4.37. The van der Waals surface area contributed by atoms with Crippen LogP contribution in [0.25, 0.3) is 0 Å². The number of carbonyl (C=O) groups excluding carboxylic acids is 1. The lowest BCUT2D eigenvalue weighted by molar-refractivity contribution is -0.385. The van der Waals surface area contributed by atoms with Crippen molar-refractivity contribution in [3.8, 4) is 0 Å². The molecule has 1 heterocycles. The van der Waals surface area contributed by atoms with E-state index in [4.69, 9.17) is 4.42 Å². The van der Waals surface area contributed by atoms with Crippen molar-refractivity contribution in [3.05, 3.63) is 63.6 Å². The highest BCUT2D eigenvalue weighted by Crippen LogP contribution is 2.21. The number of hydrogen-bond donors (Lipinski definition) is 0. The van der Waals surface area contributed by atoms with Crippen molar-refractivity contribution in [3.63, 3.8) is 0 Å². The van der Waals surface area contributed by atoms with Crippen molar-refractivity contribution in [2.24, 2.45) is 0 Å². The normalized spacial score (nSPS) is 10.4. The van der Waals surface area contributed by atoms with E-state index in [0.29, 0.717) is 12.1 Å². The van der Waals surface area contributed by atoms with Gasteiger partial charge in [0.1, 0.15) is 0 Å². The van der Waals surface area contributed by atoms with Gasteiger partial charge in [-0.1, -0.05) is 18.2 Å². The molecule has 0 aliphatic rings. The molecule has 2 aromatic rings. The molecule has 0 bridgehead atoms. The van der Waals surface area contributed by atoms with Crippen LogP contribution >= 0.6 is 0 Å². The smallest absolute Gasteiger partial charge is 0.290 e. The van der Waals surface area contributed by atoms with E-state index in [2.05, 4.69) is 0 Å². The zero-order valence-electron chi connectivity index (χ0n) is 11.9. The summed E-state index contributed by atoms with van der Waals surface area (Å²) in [7, 11) is 0. The van der Waals surface area contributed by atoms with Gasteiger partial charge in [0.05, 0.1) is 17.7 Å². The number of nitro benzene ring substituents is 1. The van der Waals surface area contributed by atoms with Gasteiger partial charge in [0.25, 0.3) is 11.6 Å². The maximum absolute atomic E-state index is 12.4. The Morgan fingerprint density at radius 1 is 1.33 bits per heavy atom. The minimum atomic E-state index is -0.439. The Morgan fingerprint density at radius 3 is 2.62 bits per heavy atom. The van der Waals surface area contributed by atoms with Crippen LogP contribution in [0, 0.1) is 17.0 Å². The first-order valence-corrected chi connectivity index (χ1v) is 6.60. The molecule has 0 saturated heterocycles. The number of nitrogens with zero attached hydrogens (tertiary/aromatic N) is 2. The molecule has 0 aliphatic carbocycles. The van der Waals surface area contributed by atoms with Gasteiger partial charge in [-0.15, -0.1) is 0 Å². The molecule has 0 atom stereocenters. The molecule has 0 spiro atoms. The molecule has 6 nitrogen and oxygen atoms in total. The fourth-order valence-electron chi connectivity index (χ4n) is 2.09. The average Bonchev–Trinajstić information content (AvgIpc) is 2.90. The Labute approximate surface area is 122 Å². The van der Waals surface area contributed by atoms with Crippen LogP contribution in [-0.4, -0.2) is 22.3 Å². The number of amides is 1. The number of benzene rings is 1. The molecule has 0 N–H and O–H groups in total.